The Bertz CT molecular complexity index is 1240. The lowest BCUT2D eigenvalue weighted by Crippen LogP contribution is -2.19. The van der Waals surface area contributed by atoms with E-state index < -0.39 is 5.97 Å². The average Bonchev–Trinajstić information content (AvgIpc) is 3.14. The summed E-state index contributed by atoms with van der Waals surface area (Å²) in [6.07, 6.45) is 1.74. The van der Waals surface area contributed by atoms with Crippen LogP contribution in [0.15, 0.2) is 82.7 Å². The highest BCUT2D eigenvalue weighted by atomic mass is 127. The first-order valence-corrected chi connectivity index (χ1v) is 11.4. The first kappa shape index (κ1) is 22.1. The van der Waals surface area contributed by atoms with E-state index in [4.69, 9.17) is 9.47 Å². The number of carbonyl (C=O) groups is 2. The van der Waals surface area contributed by atoms with Gasteiger partial charge >= 0.3 is 5.97 Å². The maximum atomic E-state index is 12.5. The molecule has 0 unspecified atom stereocenters. The number of aliphatic imine (C=N–C) groups is 1. The number of methoxy groups -OCH3 is 1. The van der Waals surface area contributed by atoms with Crippen LogP contribution in [0.3, 0.4) is 0 Å². The van der Waals surface area contributed by atoms with Crippen molar-refractivity contribution in [2.45, 2.75) is 0 Å². The third-order valence-corrected chi connectivity index (χ3v) is 6.27. The Hall–Kier alpha value is -3.11. The molecule has 6 nitrogen and oxygen atoms in total. The van der Waals surface area contributed by atoms with Gasteiger partial charge in [0.25, 0.3) is 5.91 Å². The molecule has 0 bridgehead atoms. The summed E-state index contributed by atoms with van der Waals surface area (Å²) in [4.78, 5) is 29.8. The number of ether oxygens (including phenoxy) is 2. The summed E-state index contributed by atoms with van der Waals surface area (Å²) in [5, 5.41) is 3.28. The van der Waals surface area contributed by atoms with Crippen LogP contribution < -0.4 is 14.8 Å². The summed E-state index contributed by atoms with van der Waals surface area (Å²) in [6.45, 7) is 0. The normalized spacial score (nSPS) is 15.6. The zero-order chi connectivity index (χ0) is 22.5. The Balaban J connectivity index is 1.53. The number of amidine groups is 1. The zero-order valence-corrected chi connectivity index (χ0v) is 19.8. The minimum absolute atomic E-state index is 0.224. The van der Waals surface area contributed by atoms with Crippen molar-refractivity contribution in [1.82, 2.24) is 5.32 Å². The van der Waals surface area contributed by atoms with Gasteiger partial charge < -0.3 is 14.8 Å². The van der Waals surface area contributed by atoms with Gasteiger partial charge in [-0.05, 0) is 82.4 Å². The molecule has 1 aliphatic rings. The number of esters is 1. The molecule has 32 heavy (non-hydrogen) atoms. The molecule has 0 radical (unpaired) electrons. The minimum Gasteiger partial charge on any atom is -0.493 e. The molecule has 1 saturated heterocycles. The highest BCUT2D eigenvalue weighted by Gasteiger charge is 2.24. The second-order valence-electron chi connectivity index (χ2n) is 6.60. The van der Waals surface area contributed by atoms with E-state index >= 15 is 0 Å². The van der Waals surface area contributed by atoms with E-state index in [0.29, 0.717) is 27.1 Å². The lowest BCUT2D eigenvalue weighted by atomic mass is 10.2. The molecule has 8 heteroatoms. The number of hydrogen-bond acceptors (Lipinski definition) is 6. The molecule has 1 heterocycles. The number of nitrogens with one attached hydrogen (secondary N) is 1. The number of benzene rings is 3. The van der Waals surface area contributed by atoms with Crippen molar-refractivity contribution in [3.8, 4) is 11.5 Å². The molecule has 1 N–H and O–H groups in total. The van der Waals surface area contributed by atoms with Gasteiger partial charge in [0, 0.05) is 3.57 Å². The molecule has 1 amide bonds. The van der Waals surface area contributed by atoms with Crippen LogP contribution >= 0.6 is 34.4 Å². The van der Waals surface area contributed by atoms with Crippen LogP contribution in [-0.4, -0.2) is 24.2 Å². The van der Waals surface area contributed by atoms with Crippen molar-refractivity contribution in [3.05, 3.63) is 92.4 Å². The number of thioether (sulfide) groups is 1. The number of para-hydroxylation sites is 1. The van der Waals surface area contributed by atoms with E-state index in [1.165, 1.54) is 18.9 Å². The lowest BCUT2D eigenvalue weighted by molar-refractivity contribution is -0.115. The molecule has 0 atom stereocenters. The number of halogens is 1. The predicted molar refractivity (Wildman–Crippen MR) is 134 cm³/mol. The summed E-state index contributed by atoms with van der Waals surface area (Å²) >= 11 is 3.35. The molecular weight excluding hydrogens is 539 g/mol. The van der Waals surface area contributed by atoms with E-state index in [2.05, 4.69) is 32.9 Å². The fourth-order valence-corrected chi connectivity index (χ4v) is 4.34. The Labute approximate surface area is 202 Å². The molecule has 0 aliphatic carbocycles. The number of rotatable bonds is 5. The monoisotopic (exact) mass is 556 g/mol. The molecule has 1 aliphatic heterocycles. The molecule has 3 aromatic rings. The van der Waals surface area contributed by atoms with Crippen LogP contribution in [0.4, 0.5) is 5.69 Å². The molecule has 3 aromatic carbocycles. The Morgan fingerprint density at radius 1 is 1.03 bits per heavy atom. The first-order chi connectivity index (χ1) is 15.5. The predicted octanol–water partition coefficient (Wildman–Crippen LogP) is 5.41. The van der Waals surface area contributed by atoms with E-state index in [0.717, 1.165) is 14.8 Å². The van der Waals surface area contributed by atoms with Crippen LogP contribution in [0.25, 0.3) is 6.08 Å². The van der Waals surface area contributed by atoms with Crippen molar-refractivity contribution in [2.24, 2.45) is 4.99 Å². The van der Waals surface area contributed by atoms with E-state index in [1.807, 2.05) is 42.5 Å². The smallest absolute Gasteiger partial charge is 0.344 e. The number of hydrogen-bond donors (Lipinski definition) is 1. The van der Waals surface area contributed by atoms with E-state index in [1.54, 1.807) is 36.4 Å². The van der Waals surface area contributed by atoms with Crippen LogP contribution in [0, 0.1) is 3.57 Å². The molecule has 0 saturated carbocycles. The van der Waals surface area contributed by atoms with Crippen molar-refractivity contribution >= 4 is 63.2 Å². The highest BCUT2D eigenvalue weighted by Crippen LogP contribution is 2.33. The fourth-order valence-electron chi connectivity index (χ4n) is 2.89. The van der Waals surface area contributed by atoms with Crippen LogP contribution in [0.2, 0.25) is 0 Å². The van der Waals surface area contributed by atoms with Gasteiger partial charge in [0.15, 0.2) is 16.7 Å². The fraction of sp³-hybridized carbons (Fsp3) is 0.0417. The quantitative estimate of drug-likeness (QED) is 0.197. The number of amides is 1. The van der Waals surface area contributed by atoms with E-state index in [9.17, 15) is 9.59 Å². The van der Waals surface area contributed by atoms with Gasteiger partial charge in [-0.3, -0.25) is 4.79 Å². The van der Waals surface area contributed by atoms with Crippen molar-refractivity contribution in [3.63, 3.8) is 0 Å². The van der Waals surface area contributed by atoms with E-state index in [-0.39, 0.29) is 5.91 Å². The molecule has 0 aromatic heterocycles. The van der Waals surface area contributed by atoms with Gasteiger partial charge in [-0.15, -0.1) is 0 Å². The van der Waals surface area contributed by atoms with Crippen molar-refractivity contribution in [1.29, 1.82) is 0 Å². The van der Waals surface area contributed by atoms with Crippen molar-refractivity contribution in [2.75, 3.05) is 7.11 Å². The van der Waals surface area contributed by atoms with Crippen molar-refractivity contribution < 1.29 is 19.1 Å². The minimum atomic E-state index is -0.466. The largest absolute Gasteiger partial charge is 0.493 e. The standard InChI is InChI=1S/C24H17IN2O4S/c1-30-20-13-15(11-12-19(20)31-23(29)17-9-5-6-10-18(17)25)14-21-22(28)27-24(32-21)26-16-7-3-2-4-8-16/h2-14H,1H3,(H,26,27,28)/b21-14-. The SMILES string of the molecule is COc1cc(/C=C2\SC(=Nc3ccccc3)NC2=O)ccc1OC(=O)c1ccccc1I. The van der Waals surface area contributed by atoms with Gasteiger partial charge in [-0.1, -0.05) is 36.4 Å². The second kappa shape index (κ2) is 10.0. The van der Waals surface area contributed by atoms with Crippen LogP contribution in [-0.2, 0) is 4.79 Å². The van der Waals surface area contributed by atoms with Gasteiger partial charge in [-0.25, -0.2) is 9.79 Å². The highest BCUT2D eigenvalue weighted by molar-refractivity contribution is 14.1. The topological polar surface area (TPSA) is 77.0 Å². The molecule has 160 valence electrons. The molecular formula is C24H17IN2O4S. The Morgan fingerprint density at radius 2 is 1.78 bits per heavy atom. The summed E-state index contributed by atoms with van der Waals surface area (Å²) in [6, 6.07) is 21.7. The second-order valence-corrected chi connectivity index (χ2v) is 8.79. The van der Waals surface area contributed by atoms with Gasteiger partial charge in [0.2, 0.25) is 0 Å². The van der Waals surface area contributed by atoms with Crippen LogP contribution in [0.1, 0.15) is 15.9 Å². The Morgan fingerprint density at radius 3 is 2.53 bits per heavy atom. The molecule has 0 spiro atoms. The average molecular weight is 556 g/mol. The van der Waals surface area contributed by atoms with Crippen LogP contribution in [0.5, 0.6) is 11.5 Å². The summed E-state index contributed by atoms with van der Waals surface area (Å²) in [5.41, 5.74) is 1.97. The van der Waals surface area contributed by atoms with Gasteiger partial charge in [0.1, 0.15) is 0 Å². The maximum Gasteiger partial charge on any atom is 0.344 e. The number of nitrogens with zero attached hydrogens (tertiary/aromatic N) is 1. The van der Waals surface area contributed by atoms with Gasteiger partial charge in [-0.2, -0.15) is 0 Å². The summed E-state index contributed by atoms with van der Waals surface area (Å²) in [5.74, 6) is -0.000851. The number of carbonyl (C=O) groups excluding carboxylic acids is 2. The lowest BCUT2D eigenvalue weighted by Gasteiger charge is -2.11. The Kier molecular flexibility index (Phi) is 6.91. The summed E-state index contributed by atoms with van der Waals surface area (Å²) < 4.78 is 11.7. The third kappa shape index (κ3) is 5.20. The third-order valence-electron chi connectivity index (χ3n) is 4.42. The summed E-state index contributed by atoms with van der Waals surface area (Å²) in [7, 11) is 1.50. The first-order valence-electron chi connectivity index (χ1n) is 9.53. The zero-order valence-electron chi connectivity index (χ0n) is 16.9. The van der Waals surface area contributed by atoms with Gasteiger partial charge in [0.05, 0.1) is 23.3 Å². The maximum absolute atomic E-state index is 12.5. The molecule has 4 rings (SSSR count). The molecule has 1 fully saturated rings.